The molecule has 44 heavy (non-hydrogen) atoms. The third-order valence-corrected chi connectivity index (χ3v) is 7.79. The van der Waals surface area contributed by atoms with Crippen LogP contribution in [0, 0.1) is 0 Å². The van der Waals surface area contributed by atoms with E-state index in [1.807, 2.05) is 0 Å². The Labute approximate surface area is 266 Å². The summed E-state index contributed by atoms with van der Waals surface area (Å²) in [5.74, 6) is -0.949. The molecule has 3 unspecified atom stereocenters. The molecule has 0 aliphatic heterocycles. The summed E-state index contributed by atoms with van der Waals surface area (Å²) in [6, 6.07) is 0. The van der Waals surface area contributed by atoms with Gasteiger partial charge in [0.1, 0.15) is 12.7 Å². The lowest BCUT2D eigenvalue weighted by Crippen LogP contribution is -2.29. The summed E-state index contributed by atoms with van der Waals surface area (Å²) >= 11 is 0. The average molecular weight is 649 g/mol. The molecule has 0 aromatic carbocycles. The van der Waals surface area contributed by atoms with Crippen LogP contribution >= 0.6 is 7.82 Å². The highest BCUT2D eigenvalue weighted by molar-refractivity contribution is 7.47. The highest BCUT2D eigenvalue weighted by atomic mass is 31.2. The number of hydrogen-bond acceptors (Lipinski definition) is 9. The van der Waals surface area contributed by atoms with Crippen LogP contribution in [-0.4, -0.2) is 65.7 Å². The van der Waals surface area contributed by atoms with E-state index in [0.717, 1.165) is 64.2 Å². The van der Waals surface area contributed by atoms with Gasteiger partial charge in [0.25, 0.3) is 0 Å². The third-order valence-electron chi connectivity index (χ3n) is 6.84. The molecule has 0 spiro atoms. The molecule has 3 atom stereocenters. The number of carbonyl (C=O) groups excluding carboxylic acids is 2. The highest BCUT2D eigenvalue weighted by Crippen LogP contribution is 2.43. The van der Waals surface area contributed by atoms with E-state index in [9.17, 15) is 24.2 Å². The number of rotatable bonds is 31. The lowest BCUT2D eigenvalue weighted by molar-refractivity contribution is -0.161. The maximum absolute atomic E-state index is 12.5. The number of hydrogen-bond donors (Lipinski definition) is 3. The highest BCUT2D eigenvalue weighted by Gasteiger charge is 2.27. The minimum Gasteiger partial charge on any atom is -0.462 e. The van der Waals surface area contributed by atoms with E-state index in [1.54, 1.807) is 0 Å². The maximum Gasteiger partial charge on any atom is 0.472 e. The number of allylic oxidation sites excluding steroid dienone is 4. The molecule has 0 saturated heterocycles. The number of phosphoric ester groups is 1. The van der Waals surface area contributed by atoms with Crippen LogP contribution < -0.4 is 0 Å². The van der Waals surface area contributed by atoms with E-state index in [2.05, 4.69) is 42.7 Å². The Bertz CT molecular complexity index is 801. The van der Waals surface area contributed by atoms with Gasteiger partial charge in [-0.05, 0) is 38.5 Å². The van der Waals surface area contributed by atoms with E-state index in [4.69, 9.17) is 19.1 Å². The molecular formula is C33H61O10P. The predicted molar refractivity (Wildman–Crippen MR) is 173 cm³/mol. The van der Waals surface area contributed by atoms with Gasteiger partial charge in [0.2, 0.25) is 0 Å². The van der Waals surface area contributed by atoms with Crippen LogP contribution in [0.1, 0.15) is 136 Å². The zero-order chi connectivity index (χ0) is 32.7. The van der Waals surface area contributed by atoms with Crippen LogP contribution in [0.5, 0.6) is 0 Å². The fraction of sp³-hybridized carbons (Fsp3) is 0.818. The molecule has 0 aromatic rings. The summed E-state index contributed by atoms with van der Waals surface area (Å²) in [5, 5.41) is 18.2. The van der Waals surface area contributed by atoms with Crippen LogP contribution in [0.2, 0.25) is 0 Å². The summed E-state index contributed by atoms with van der Waals surface area (Å²) in [5.41, 5.74) is 0. The average Bonchev–Trinajstić information content (AvgIpc) is 3.00. The largest absolute Gasteiger partial charge is 0.472 e. The molecule has 0 rings (SSSR count). The van der Waals surface area contributed by atoms with Gasteiger partial charge in [-0.25, -0.2) is 4.57 Å². The molecule has 0 aromatic heterocycles. The van der Waals surface area contributed by atoms with Crippen molar-refractivity contribution in [1.82, 2.24) is 0 Å². The molecule has 258 valence electrons. The van der Waals surface area contributed by atoms with E-state index in [-0.39, 0.29) is 19.4 Å². The number of carbonyl (C=O) groups is 2. The fourth-order valence-electron chi connectivity index (χ4n) is 4.21. The van der Waals surface area contributed by atoms with Gasteiger partial charge < -0.3 is 24.6 Å². The molecule has 0 aliphatic carbocycles. The molecule has 0 radical (unpaired) electrons. The van der Waals surface area contributed by atoms with Gasteiger partial charge in [-0.3, -0.25) is 18.6 Å². The minimum atomic E-state index is -4.60. The van der Waals surface area contributed by atoms with Gasteiger partial charge in [0.15, 0.2) is 6.10 Å². The van der Waals surface area contributed by atoms with Gasteiger partial charge in [-0.2, -0.15) is 0 Å². The first-order chi connectivity index (χ1) is 21.2. The van der Waals surface area contributed by atoms with Crippen LogP contribution in [-0.2, 0) is 32.7 Å². The van der Waals surface area contributed by atoms with Gasteiger partial charge in [-0.1, -0.05) is 109 Å². The maximum atomic E-state index is 12.5. The zero-order valence-electron chi connectivity index (χ0n) is 27.4. The Morgan fingerprint density at radius 2 is 1.23 bits per heavy atom. The first-order valence-corrected chi connectivity index (χ1v) is 18.3. The summed E-state index contributed by atoms with van der Waals surface area (Å²) < 4.78 is 32.4. The van der Waals surface area contributed by atoms with Crippen LogP contribution in [0.4, 0.5) is 0 Å². The van der Waals surface area contributed by atoms with Crippen molar-refractivity contribution in [3.63, 3.8) is 0 Å². The van der Waals surface area contributed by atoms with Gasteiger partial charge >= 0.3 is 19.8 Å². The monoisotopic (exact) mass is 648 g/mol. The molecule has 0 fully saturated rings. The molecular weight excluding hydrogens is 587 g/mol. The molecule has 11 heteroatoms. The third kappa shape index (κ3) is 29.2. The second-order valence-electron chi connectivity index (χ2n) is 11.2. The van der Waals surface area contributed by atoms with Crippen molar-refractivity contribution in [3.05, 3.63) is 24.3 Å². The SMILES string of the molecule is CCC/C=C\C/C=C\CCCCCCCC(=O)OC(COC(=O)CCCCCCCCCC)COP(=O)(O)OCC(O)CO. The summed E-state index contributed by atoms with van der Waals surface area (Å²) in [6.07, 6.45) is 24.5. The van der Waals surface area contributed by atoms with Crippen molar-refractivity contribution in [3.8, 4) is 0 Å². The molecule has 3 N–H and O–H groups in total. The number of esters is 2. The quantitative estimate of drug-likeness (QED) is 0.0299. The number of unbranched alkanes of at least 4 members (excludes halogenated alkanes) is 13. The predicted octanol–water partition coefficient (Wildman–Crippen LogP) is 7.49. The molecule has 0 bridgehead atoms. The van der Waals surface area contributed by atoms with E-state index < -0.39 is 51.8 Å². The Kier molecular flexibility index (Phi) is 29.1. The van der Waals surface area contributed by atoms with Crippen molar-refractivity contribution < 1.29 is 47.8 Å². The molecule has 0 amide bonds. The summed E-state index contributed by atoms with van der Waals surface area (Å²) in [6.45, 7) is 2.23. The van der Waals surface area contributed by atoms with Crippen molar-refractivity contribution in [2.45, 2.75) is 148 Å². The Hall–Kier alpha value is -1.55. The zero-order valence-corrected chi connectivity index (χ0v) is 28.3. The van der Waals surface area contributed by atoms with Gasteiger partial charge in [0.05, 0.1) is 19.8 Å². The van der Waals surface area contributed by atoms with Crippen LogP contribution in [0.15, 0.2) is 24.3 Å². The topological polar surface area (TPSA) is 149 Å². The van der Waals surface area contributed by atoms with Gasteiger partial charge in [-0.15, -0.1) is 0 Å². The smallest absolute Gasteiger partial charge is 0.462 e. The molecule has 0 aliphatic rings. The van der Waals surface area contributed by atoms with Gasteiger partial charge in [0, 0.05) is 12.8 Å². The molecule has 10 nitrogen and oxygen atoms in total. The summed E-state index contributed by atoms with van der Waals surface area (Å²) in [7, 11) is -4.60. The van der Waals surface area contributed by atoms with Crippen molar-refractivity contribution in [2.75, 3.05) is 26.4 Å². The number of aliphatic hydroxyl groups excluding tert-OH is 2. The molecule has 0 heterocycles. The van der Waals surface area contributed by atoms with E-state index in [0.29, 0.717) is 12.8 Å². The first-order valence-electron chi connectivity index (χ1n) is 16.8. The Morgan fingerprint density at radius 3 is 1.84 bits per heavy atom. The number of ether oxygens (including phenoxy) is 2. The normalized spacial score (nSPS) is 14.6. The van der Waals surface area contributed by atoms with Crippen molar-refractivity contribution >= 4 is 19.8 Å². The summed E-state index contributed by atoms with van der Waals surface area (Å²) in [4.78, 5) is 34.5. The van der Waals surface area contributed by atoms with Crippen molar-refractivity contribution in [2.24, 2.45) is 0 Å². The molecule has 0 saturated carbocycles. The van der Waals surface area contributed by atoms with E-state index in [1.165, 1.54) is 32.1 Å². The van der Waals surface area contributed by atoms with Crippen molar-refractivity contribution in [1.29, 1.82) is 0 Å². The lowest BCUT2D eigenvalue weighted by atomic mass is 10.1. The fourth-order valence-corrected chi connectivity index (χ4v) is 4.99. The number of phosphoric acid groups is 1. The number of aliphatic hydroxyl groups is 2. The second kappa shape index (κ2) is 30.1. The van der Waals surface area contributed by atoms with Crippen LogP contribution in [0.25, 0.3) is 0 Å². The Balaban J connectivity index is 4.46. The standard InChI is InChI=1S/C33H61O10P/c1-3-5-7-9-11-13-14-15-16-17-19-21-23-25-33(37)43-31(29-42-44(38,39)41-27-30(35)26-34)28-40-32(36)24-22-20-18-12-10-8-6-4-2/h7,9,13-14,30-31,34-35H,3-6,8,10-12,15-29H2,1-2H3,(H,38,39)/b9-7-,14-13-. The van der Waals surface area contributed by atoms with Crippen LogP contribution in [0.3, 0.4) is 0 Å². The lowest BCUT2D eigenvalue weighted by Gasteiger charge is -2.20. The second-order valence-corrected chi connectivity index (χ2v) is 12.6. The minimum absolute atomic E-state index is 0.169. The van der Waals surface area contributed by atoms with E-state index >= 15 is 0 Å². The Morgan fingerprint density at radius 1 is 0.682 bits per heavy atom. The first kappa shape index (κ1) is 42.5.